The van der Waals surface area contributed by atoms with Gasteiger partial charge in [-0.05, 0) is 50.8 Å². The average Bonchev–Trinajstić information content (AvgIpc) is 3.41. The maximum Gasteiger partial charge on any atom is 0.232 e. The van der Waals surface area contributed by atoms with E-state index >= 15 is 0 Å². The first-order chi connectivity index (χ1) is 22.1. The maximum absolute atomic E-state index is 13.7. The molecule has 6 rings (SSSR count). The first-order valence-corrected chi connectivity index (χ1v) is 17.0. The predicted molar refractivity (Wildman–Crippen MR) is 173 cm³/mol. The highest BCUT2D eigenvalue weighted by Gasteiger charge is 2.27. The molecule has 2 N–H and O–H groups in total. The molecular formula is C30H37FN9O5S-. The molecule has 0 spiro atoms. The number of fused-ring (bicyclic) bond motifs is 1. The molecule has 0 bridgehead atoms. The lowest BCUT2D eigenvalue weighted by Gasteiger charge is -2.31. The van der Waals surface area contributed by atoms with Crippen LogP contribution in [0.25, 0.3) is 10.9 Å². The van der Waals surface area contributed by atoms with E-state index in [1.54, 1.807) is 31.6 Å². The van der Waals surface area contributed by atoms with Crippen LogP contribution in [0.1, 0.15) is 37.1 Å². The van der Waals surface area contributed by atoms with E-state index in [0.29, 0.717) is 71.8 Å². The van der Waals surface area contributed by atoms with Gasteiger partial charge in [-0.25, -0.2) is 22.8 Å². The van der Waals surface area contributed by atoms with E-state index in [-0.39, 0.29) is 30.5 Å². The summed E-state index contributed by atoms with van der Waals surface area (Å²) in [5.41, 5.74) is 3.57. The minimum absolute atomic E-state index is 0.0634. The number of aryl methyl sites for hydroxylation is 1. The minimum Gasteiger partial charge on any atom is -0.759 e. The molecule has 1 saturated heterocycles. The topological polar surface area (TPSA) is 163 Å². The van der Waals surface area contributed by atoms with Gasteiger partial charge in [0, 0.05) is 32.2 Å². The maximum atomic E-state index is 13.7. The Kier molecular flexibility index (Phi) is 9.11. The van der Waals surface area contributed by atoms with Crippen LogP contribution in [-0.2, 0) is 28.4 Å². The van der Waals surface area contributed by atoms with E-state index in [0.717, 1.165) is 31.9 Å². The summed E-state index contributed by atoms with van der Waals surface area (Å²) in [6.45, 7) is 4.11. The van der Waals surface area contributed by atoms with Crippen LogP contribution in [-0.4, -0.2) is 77.6 Å². The van der Waals surface area contributed by atoms with Crippen LogP contribution in [0.3, 0.4) is 0 Å². The number of morpholine rings is 1. The Hall–Kier alpha value is -4.28. The molecule has 246 valence electrons. The Morgan fingerprint density at radius 3 is 2.54 bits per heavy atom. The fraction of sp³-hybridized carbons (Fsp3) is 0.467. The lowest BCUT2D eigenvalue weighted by molar-refractivity contribution is 0.122. The van der Waals surface area contributed by atoms with Gasteiger partial charge in [-0.3, -0.25) is 9.29 Å². The van der Waals surface area contributed by atoms with Crippen LogP contribution in [0.4, 0.5) is 27.7 Å². The van der Waals surface area contributed by atoms with Crippen molar-refractivity contribution in [1.29, 1.82) is 0 Å². The molecule has 0 aromatic carbocycles. The summed E-state index contributed by atoms with van der Waals surface area (Å²) in [7, 11) is -2.13. The summed E-state index contributed by atoms with van der Waals surface area (Å²) >= 11 is 0. The molecule has 0 radical (unpaired) electrons. The molecule has 14 nitrogen and oxygen atoms in total. The normalized spacial score (nSPS) is 18.8. The van der Waals surface area contributed by atoms with Crippen molar-refractivity contribution in [2.75, 3.05) is 52.6 Å². The predicted octanol–water partition coefficient (Wildman–Crippen LogP) is 3.72. The van der Waals surface area contributed by atoms with Gasteiger partial charge in [0.1, 0.15) is 23.6 Å². The third-order valence-corrected chi connectivity index (χ3v) is 9.59. The van der Waals surface area contributed by atoms with Crippen molar-refractivity contribution in [2.45, 2.75) is 51.3 Å². The van der Waals surface area contributed by atoms with Gasteiger partial charge in [0.05, 0.1) is 66.4 Å². The second kappa shape index (κ2) is 13.2. The second-order valence-corrected chi connectivity index (χ2v) is 13.6. The molecule has 4 aromatic rings. The molecular weight excluding hydrogens is 617 g/mol. The Morgan fingerprint density at radius 2 is 1.87 bits per heavy atom. The zero-order valence-electron chi connectivity index (χ0n) is 25.9. The molecule has 1 aliphatic carbocycles. The van der Waals surface area contributed by atoms with E-state index in [9.17, 15) is 18.0 Å². The van der Waals surface area contributed by atoms with Gasteiger partial charge in [0.2, 0.25) is 15.9 Å². The molecule has 0 atom stereocenters. The third-order valence-electron chi connectivity index (χ3n) is 8.45. The lowest BCUT2D eigenvalue weighted by atomic mass is 9.93. The molecule has 2 fully saturated rings. The summed E-state index contributed by atoms with van der Waals surface area (Å²) in [6, 6.07) is 6.85. The number of rotatable bonds is 10. The van der Waals surface area contributed by atoms with Crippen molar-refractivity contribution in [3.63, 3.8) is 0 Å². The number of aromatic nitrogens is 5. The van der Waals surface area contributed by atoms with E-state index in [4.69, 9.17) is 14.5 Å². The highest BCUT2D eigenvalue weighted by atomic mass is 32.2. The molecule has 2 aliphatic rings. The van der Waals surface area contributed by atoms with Gasteiger partial charge in [-0.15, -0.1) is 0 Å². The second-order valence-electron chi connectivity index (χ2n) is 11.6. The van der Waals surface area contributed by atoms with Crippen LogP contribution in [0.15, 0.2) is 36.7 Å². The highest BCUT2D eigenvalue weighted by molar-refractivity contribution is 7.92. The van der Waals surface area contributed by atoms with Crippen molar-refractivity contribution in [3.8, 4) is 5.88 Å². The quantitative estimate of drug-likeness (QED) is 0.239. The number of halogens is 1. The van der Waals surface area contributed by atoms with Crippen molar-refractivity contribution >= 4 is 44.2 Å². The van der Waals surface area contributed by atoms with Crippen molar-refractivity contribution in [2.24, 2.45) is 7.05 Å². The van der Waals surface area contributed by atoms with Crippen LogP contribution in [0, 0.1) is 17.9 Å². The number of hydrogen-bond acceptors (Lipinski definition) is 12. The molecule has 5 heterocycles. The van der Waals surface area contributed by atoms with E-state index in [1.165, 1.54) is 27.3 Å². The van der Waals surface area contributed by atoms with Crippen molar-refractivity contribution in [3.05, 3.63) is 59.1 Å². The van der Waals surface area contributed by atoms with Crippen molar-refractivity contribution < 1.29 is 22.3 Å². The Bertz CT molecular complexity index is 1810. The standard InChI is InChI=1S/C30H37FN9O5S/c1-19-25(31)8-9-27(34-19)35-20-4-6-23(7-5-20)45-29-24-14-21(16-32-26(24)15-28(36-29)39-10-12-44-13-11-39)40(46(3,42)43)18-22-17-33-30(37-41)38(22)2/h8-9,14-17,20,23H,4-7,10-13,18H2,1-3H3,(H2-,33,34,35,37,41)/q-1. The zero-order chi connectivity index (χ0) is 32.4. The molecule has 1 saturated carbocycles. The van der Waals surface area contributed by atoms with Gasteiger partial charge in [0.25, 0.3) is 0 Å². The molecule has 0 unspecified atom stereocenters. The summed E-state index contributed by atoms with van der Waals surface area (Å²) < 4.78 is 54.5. The van der Waals surface area contributed by atoms with Gasteiger partial charge in [0.15, 0.2) is 5.95 Å². The third kappa shape index (κ3) is 6.93. The number of anilines is 4. The minimum atomic E-state index is -3.76. The molecule has 4 aromatic heterocycles. The van der Waals surface area contributed by atoms with E-state index < -0.39 is 10.0 Å². The average molecular weight is 655 g/mol. The number of ether oxygens (including phenoxy) is 2. The summed E-state index contributed by atoms with van der Waals surface area (Å²) in [4.78, 5) is 20.0. The number of hydrogen-bond donors (Lipinski definition) is 2. The summed E-state index contributed by atoms with van der Waals surface area (Å²) in [5, 5.41) is 15.2. The summed E-state index contributed by atoms with van der Waals surface area (Å²) in [5.74, 6) is 1.49. The number of nitrogens with one attached hydrogen (secondary N) is 2. The first kappa shape index (κ1) is 31.7. The number of sulfonamides is 1. The Morgan fingerprint density at radius 1 is 1.11 bits per heavy atom. The fourth-order valence-electron chi connectivity index (χ4n) is 5.80. The van der Waals surface area contributed by atoms with Crippen LogP contribution < -0.4 is 24.7 Å². The van der Waals surface area contributed by atoms with Crippen LogP contribution >= 0.6 is 0 Å². The highest BCUT2D eigenvalue weighted by Crippen LogP contribution is 2.34. The van der Waals surface area contributed by atoms with Crippen LogP contribution in [0.5, 0.6) is 5.88 Å². The molecule has 0 amide bonds. The monoisotopic (exact) mass is 654 g/mol. The molecule has 1 aliphatic heterocycles. The van der Waals surface area contributed by atoms with Gasteiger partial charge in [-0.2, -0.15) is 4.98 Å². The van der Waals surface area contributed by atoms with Crippen molar-refractivity contribution in [1.82, 2.24) is 24.5 Å². The number of imidazole rings is 1. The number of nitrogens with zero attached hydrogens (tertiary/aromatic N) is 7. The van der Waals surface area contributed by atoms with E-state index in [1.807, 2.05) is 6.07 Å². The van der Waals surface area contributed by atoms with Crippen LogP contribution in [0.2, 0.25) is 0 Å². The van der Waals surface area contributed by atoms with Gasteiger partial charge < -0.3 is 34.9 Å². The zero-order valence-corrected chi connectivity index (χ0v) is 26.8. The summed E-state index contributed by atoms with van der Waals surface area (Å²) in [6.07, 6.45) is 7.10. The molecule has 16 heteroatoms. The largest absolute Gasteiger partial charge is 0.759 e. The molecule has 46 heavy (non-hydrogen) atoms. The lowest BCUT2D eigenvalue weighted by Crippen LogP contribution is -2.37. The van der Waals surface area contributed by atoms with Gasteiger partial charge in [-0.1, -0.05) is 0 Å². The fourth-order valence-corrected chi connectivity index (χ4v) is 6.65. The van der Waals surface area contributed by atoms with E-state index in [2.05, 4.69) is 25.2 Å². The Balaban J connectivity index is 1.28. The first-order valence-electron chi connectivity index (χ1n) is 15.2. The smallest absolute Gasteiger partial charge is 0.232 e. The number of pyridine rings is 3. The Labute approximate surface area is 266 Å². The SMILES string of the molecule is Cc1nc(NC2CCC(Oc3nc(N4CCOCC4)cc4ncc(N(Cc5cnc(N[O-])n5C)S(C)(=O)=O)cc34)CC2)ccc1F. The van der Waals surface area contributed by atoms with Gasteiger partial charge >= 0.3 is 0 Å².